The first-order valence-corrected chi connectivity index (χ1v) is 6.94. The number of thiocarbonyl (C=S) groups is 1. The number of carbonyl (C=O) groups is 1. The summed E-state index contributed by atoms with van der Waals surface area (Å²) in [4.78, 5) is 16.5. The Kier molecular flexibility index (Phi) is 4.24. The molecule has 0 fully saturated rings. The number of nitrogens with zero attached hydrogens (tertiary/aromatic N) is 1. The second-order valence-corrected chi connectivity index (χ2v) is 5.63. The van der Waals surface area contributed by atoms with Gasteiger partial charge in [0, 0.05) is 17.5 Å². The summed E-state index contributed by atoms with van der Waals surface area (Å²) < 4.78 is 0. The summed E-state index contributed by atoms with van der Waals surface area (Å²) in [5.74, 6) is -0.202. The summed E-state index contributed by atoms with van der Waals surface area (Å²) in [5.41, 5.74) is 7.66. The van der Waals surface area contributed by atoms with Crippen LogP contribution in [0.3, 0.4) is 0 Å². The second kappa shape index (κ2) is 5.90. The zero-order valence-corrected chi connectivity index (χ0v) is 12.0. The van der Waals surface area contributed by atoms with E-state index in [2.05, 4.69) is 10.3 Å². The number of amides is 1. The molecule has 3 N–H and O–H groups in total. The SMILES string of the molecule is Cc1nc(C(=O)Nc2ccc(CC(N)=S)cc2)cs1. The molecule has 0 aliphatic heterocycles. The fraction of sp³-hybridized carbons (Fsp3) is 0.154. The Bertz CT molecular complexity index is 605. The first-order valence-electron chi connectivity index (χ1n) is 5.65. The number of anilines is 1. The van der Waals surface area contributed by atoms with Crippen LogP contribution in [0.5, 0.6) is 0 Å². The van der Waals surface area contributed by atoms with Gasteiger partial charge in [-0.2, -0.15) is 0 Å². The van der Waals surface area contributed by atoms with E-state index in [1.165, 1.54) is 11.3 Å². The number of carbonyl (C=O) groups excluding carboxylic acids is 1. The topological polar surface area (TPSA) is 68.0 Å². The monoisotopic (exact) mass is 291 g/mol. The van der Waals surface area contributed by atoms with Gasteiger partial charge in [0.25, 0.3) is 5.91 Å². The smallest absolute Gasteiger partial charge is 0.275 e. The van der Waals surface area contributed by atoms with Crippen LogP contribution in [0.25, 0.3) is 0 Å². The van der Waals surface area contributed by atoms with E-state index in [0.717, 1.165) is 16.3 Å². The van der Waals surface area contributed by atoms with E-state index in [-0.39, 0.29) is 5.91 Å². The largest absolute Gasteiger partial charge is 0.393 e. The highest BCUT2D eigenvalue weighted by atomic mass is 32.1. The average molecular weight is 291 g/mol. The van der Waals surface area contributed by atoms with Crippen molar-refractivity contribution in [1.82, 2.24) is 4.98 Å². The first kappa shape index (κ1) is 13.6. The maximum absolute atomic E-state index is 11.9. The molecule has 0 bridgehead atoms. The van der Waals surface area contributed by atoms with E-state index in [4.69, 9.17) is 18.0 Å². The van der Waals surface area contributed by atoms with E-state index < -0.39 is 0 Å². The number of rotatable bonds is 4. The predicted molar refractivity (Wildman–Crippen MR) is 81.7 cm³/mol. The molecule has 19 heavy (non-hydrogen) atoms. The number of aryl methyl sites for hydroxylation is 1. The van der Waals surface area contributed by atoms with Gasteiger partial charge in [0.05, 0.1) is 10.00 Å². The number of hydrogen-bond acceptors (Lipinski definition) is 4. The molecule has 1 aromatic carbocycles. The summed E-state index contributed by atoms with van der Waals surface area (Å²) in [6, 6.07) is 7.43. The Morgan fingerprint density at radius 1 is 1.42 bits per heavy atom. The lowest BCUT2D eigenvalue weighted by Crippen LogP contribution is -2.13. The molecule has 1 heterocycles. The van der Waals surface area contributed by atoms with Crippen LogP contribution in [0.4, 0.5) is 5.69 Å². The van der Waals surface area contributed by atoms with Crippen molar-refractivity contribution in [3.05, 3.63) is 45.9 Å². The van der Waals surface area contributed by atoms with Crippen molar-refractivity contribution in [3.63, 3.8) is 0 Å². The molecule has 0 radical (unpaired) electrons. The predicted octanol–water partition coefficient (Wildman–Crippen LogP) is 2.53. The van der Waals surface area contributed by atoms with Gasteiger partial charge in [-0.25, -0.2) is 4.98 Å². The molecular formula is C13H13N3OS2. The molecule has 0 aliphatic rings. The van der Waals surface area contributed by atoms with Crippen molar-refractivity contribution in [3.8, 4) is 0 Å². The summed E-state index contributed by atoms with van der Waals surface area (Å²) >= 11 is 6.30. The molecule has 0 saturated carbocycles. The second-order valence-electron chi connectivity index (χ2n) is 4.05. The maximum atomic E-state index is 11.9. The van der Waals surface area contributed by atoms with Crippen molar-refractivity contribution < 1.29 is 4.79 Å². The summed E-state index contributed by atoms with van der Waals surface area (Å²) in [6.45, 7) is 1.87. The minimum absolute atomic E-state index is 0.202. The molecule has 1 aromatic heterocycles. The lowest BCUT2D eigenvalue weighted by Gasteiger charge is -2.05. The molecule has 2 rings (SSSR count). The van der Waals surface area contributed by atoms with Crippen molar-refractivity contribution in [2.45, 2.75) is 13.3 Å². The Hall–Kier alpha value is -1.79. The third-order valence-electron chi connectivity index (χ3n) is 2.44. The van der Waals surface area contributed by atoms with Crippen molar-refractivity contribution in [1.29, 1.82) is 0 Å². The van der Waals surface area contributed by atoms with Gasteiger partial charge in [-0.05, 0) is 24.6 Å². The van der Waals surface area contributed by atoms with E-state index in [1.807, 2.05) is 31.2 Å². The van der Waals surface area contributed by atoms with Crippen molar-refractivity contribution >= 4 is 40.1 Å². The normalized spacial score (nSPS) is 10.2. The zero-order valence-electron chi connectivity index (χ0n) is 10.3. The fourth-order valence-electron chi connectivity index (χ4n) is 1.57. The molecule has 0 aliphatic carbocycles. The minimum atomic E-state index is -0.202. The van der Waals surface area contributed by atoms with Crippen LogP contribution >= 0.6 is 23.6 Å². The van der Waals surface area contributed by atoms with Gasteiger partial charge in [0.1, 0.15) is 5.69 Å². The van der Waals surface area contributed by atoms with Crippen LogP contribution in [-0.4, -0.2) is 15.9 Å². The highest BCUT2D eigenvalue weighted by molar-refractivity contribution is 7.80. The molecule has 0 spiro atoms. The number of benzene rings is 1. The van der Waals surface area contributed by atoms with E-state index in [9.17, 15) is 4.79 Å². The Labute approximate surface area is 120 Å². The van der Waals surface area contributed by atoms with Gasteiger partial charge in [0.15, 0.2) is 0 Å². The van der Waals surface area contributed by atoms with E-state index in [0.29, 0.717) is 17.1 Å². The molecule has 0 saturated heterocycles. The fourth-order valence-corrected chi connectivity index (χ4v) is 2.33. The molecule has 4 nitrogen and oxygen atoms in total. The number of hydrogen-bond donors (Lipinski definition) is 2. The van der Waals surface area contributed by atoms with Gasteiger partial charge in [-0.15, -0.1) is 11.3 Å². The Balaban J connectivity index is 2.03. The van der Waals surface area contributed by atoms with E-state index >= 15 is 0 Å². The summed E-state index contributed by atoms with van der Waals surface area (Å²) in [5, 5.41) is 5.41. The summed E-state index contributed by atoms with van der Waals surface area (Å²) in [7, 11) is 0. The maximum Gasteiger partial charge on any atom is 0.275 e. The van der Waals surface area contributed by atoms with Crippen LogP contribution < -0.4 is 11.1 Å². The van der Waals surface area contributed by atoms with Crippen LogP contribution in [0.15, 0.2) is 29.6 Å². The average Bonchev–Trinajstić information content (AvgIpc) is 2.78. The highest BCUT2D eigenvalue weighted by Crippen LogP contribution is 2.13. The third-order valence-corrected chi connectivity index (χ3v) is 3.36. The van der Waals surface area contributed by atoms with Gasteiger partial charge < -0.3 is 11.1 Å². The van der Waals surface area contributed by atoms with E-state index in [1.54, 1.807) is 5.38 Å². The first-order chi connectivity index (χ1) is 9.04. The highest BCUT2D eigenvalue weighted by Gasteiger charge is 2.09. The molecule has 1 amide bonds. The standard InChI is InChI=1S/C13H13N3OS2/c1-8-15-11(7-19-8)13(17)16-10-4-2-9(3-5-10)6-12(14)18/h2-5,7H,6H2,1H3,(H2,14,18)(H,16,17). The molecular weight excluding hydrogens is 278 g/mol. The minimum Gasteiger partial charge on any atom is -0.393 e. The molecule has 2 aromatic rings. The van der Waals surface area contributed by atoms with Gasteiger partial charge in [0.2, 0.25) is 0 Å². The lowest BCUT2D eigenvalue weighted by molar-refractivity contribution is 0.102. The quantitative estimate of drug-likeness (QED) is 0.849. The number of aromatic nitrogens is 1. The molecule has 6 heteroatoms. The van der Waals surface area contributed by atoms with Gasteiger partial charge >= 0.3 is 0 Å². The van der Waals surface area contributed by atoms with Crippen LogP contribution in [0, 0.1) is 6.92 Å². The van der Waals surface area contributed by atoms with Gasteiger partial charge in [-0.1, -0.05) is 24.4 Å². The van der Waals surface area contributed by atoms with Crippen molar-refractivity contribution in [2.75, 3.05) is 5.32 Å². The van der Waals surface area contributed by atoms with Crippen LogP contribution in [0.2, 0.25) is 0 Å². The number of nitrogens with two attached hydrogens (primary N) is 1. The van der Waals surface area contributed by atoms with Crippen LogP contribution in [-0.2, 0) is 6.42 Å². The molecule has 0 unspecified atom stereocenters. The lowest BCUT2D eigenvalue weighted by atomic mass is 10.1. The summed E-state index contributed by atoms with van der Waals surface area (Å²) in [6.07, 6.45) is 0.564. The third kappa shape index (κ3) is 3.84. The number of nitrogens with one attached hydrogen (secondary N) is 1. The number of thiazole rings is 1. The Morgan fingerprint density at radius 3 is 2.63 bits per heavy atom. The Morgan fingerprint density at radius 2 is 2.11 bits per heavy atom. The molecule has 98 valence electrons. The van der Waals surface area contributed by atoms with Gasteiger partial charge in [-0.3, -0.25) is 4.79 Å². The van der Waals surface area contributed by atoms with Crippen LogP contribution in [0.1, 0.15) is 21.1 Å². The zero-order chi connectivity index (χ0) is 13.8. The molecule has 0 atom stereocenters. The van der Waals surface area contributed by atoms with Crippen molar-refractivity contribution in [2.24, 2.45) is 5.73 Å².